The molecule has 1 fully saturated rings. The summed E-state index contributed by atoms with van der Waals surface area (Å²) in [7, 11) is 0. The maximum atomic E-state index is 11.4. The van der Waals surface area contributed by atoms with E-state index in [1.807, 2.05) is 0 Å². The minimum Gasteiger partial charge on any atom is -0.508 e. The van der Waals surface area contributed by atoms with Crippen molar-refractivity contribution in [1.82, 2.24) is 10.6 Å². The summed E-state index contributed by atoms with van der Waals surface area (Å²) < 4.78 is 0. The van der Waals surface area contributed by atoms with E-state index in [2.05, 4.69) is 10.6 Å². The number of phenols is 2. The summed E-state index contributed by atoms with van der Waals surface area (Å²) in [5.41, 5.74) is 0.820. The second kappa shape index (κ2) is 3.41. The van der Waals surface area contributed by atoms with Crippen LogP contribution in [0.2, 0.25) is 0 Å². The topological polar surface area (TPSA) is 98.7 Å². The van der Waals surface area contributed by atoms with Gasteiger partial charge in [-0.1, -0.05) is 0 Å². The normalized spacial score (nSPS) is 19.4. The summed E-state index contributed by atoms with van der Waals surface area (Å²) in [6.07, 6.45) is 0. The zero-order valence-electron chi connectivity index (χ0n) is 8.44. The highest BCUT2D eigenvalue weighted by Crippen LogP contribution is 2.31. The zero-order valence-corrected chi connectivity index (χ0v) is 8.44. The molecule has 0 saturated carbocycles. The number of urea groups is 1. The molecule has 0 aliphatic carbocycles. The van der Waals surface area contributed by atoms with Gasteiger partial charge in [0.15, 0.2) is 0 Å². The Morgan fingerprint density at radius 2 is 1.94 bits per heavy atom. The fourth-order valence-corrected chi connectivity index (χ4v) is 1.64. The largest absolute Gasteiger partial charge is 0.508 e. The van der Waals surface area contributed by atoms with Crippen molar-refractivity contribution in [2.75, 3.05) is 0 Å². The Bertz CT molecular complexity index is 484. The monoisotopic (exact) mass is 222 g/mol. The third-order valence-electron chi connectivity index (χ3n) is 2.49. The molecule has 1 aliphatic rings. The van der Waals surface area contributed by atoms with Crippen LogP contribution in [-0.2, 0) is 4.79 Å². The van der Waals surface area contributed by atoms with Crippen LogP contribution < -0.4 is 10.6 Å². The number of imide groups is 1. The van der Waals surface area contributed by atoms with Crippen molar-refractivity contribution in [3.05, 3.63) is 23.3 Å². The Morgan fingerprint density at radius 1 is 1.25 bits per heavy atom. The number of rotatable bonds is 1. The highest BCUT2D eigenvalue weighted by molar-refractivity contribution is 6.04. The SMILES string of the molecule is Cc1c(O)cc(O)cc1C1NC(=O)NC1=O. The lowest BCUT2D eigenvalue weighted by atomic mass is 10.00. The minimum atomic E-state index is -0.870. The first kappa shape index (κ1) is 10.3. The van der Waals surface area contributed by atoms with Crippen LogP contribution in [0.1, 0.15) is 17.2 Å². The molecule has 1 aromatic rings. The van der Waals surface area contributed by atoms with Crippen molar-refractivity contribution >= 4 is 11.9 Å². The van der Waals surface area contributed by atoms with Gasteiger partial charge < -0.3 is 15.5 Å². The molecule has 2 rings (SSSR count). The summed E-state index contributed by atoms with van der Waals surface area (Å²) in [4.78, 5) is 22.4. The molecule has 0 spiro atoms. The summed E-state index contributed by atoms with van der Waals surface area (Å²) >= 11 is 0. The van der Waals surface area contributed by atoms with Crippen molar-refractivity contribution in [2.45, 2.75) is 13.0 Å². The molecule has 0 radical (unpaired) electrons. The first-order valence-electron chi connectivity index (χ1n) is 4.63. The van der Waals surface area contributed by atoms with Crippen molar-refractivity contribution in [3.63, 3.8) is 0 Å². The van der Waals surface area contributed by atoms with Gasteiger partial charge in [0.2, 0.25) is 0 Å². The van der Waals surface area contributed by atoms with Crippen molar-refractivity contribution in [1.29, 1.82) is 0 Å². The van der Waals surface area contributed by atoms with Crippen molar-refractivity contribution in [2.24, 2.45) is 0 Å². The second-order valence-corrected chi connectivity index (χ2v) is 3.57. The molecular weight excluding hydrogens is 212 g/mol. The van der Waals surface area contributed by atoms with Gasteiger partial charge >= 0.3 is 6.03 Å². The van der Waals surface area contributed by atoms with Crippen LogP contribution in [0.5, 0.6) is 11.5 Å². The molecule has 1 heterocycles. The van der Waals surface area contributed by atoms with Gasteiger partial charge in [-0.15, -0.1) is 0 Å². The molecule has 0 aromatic heterocycles. The number of nitrogens with one attached hydrogen (secondary N) is 2. The van der Waals surface area contributed by atoms with Crippen LogP contribution >= 0.6 is 0 Å². The van der Waals surface area contributed by atoms with E-state index in [1.165, 1.54) is 12.1 Å². The van der Waals surface area contributed by atoms with Gasteiger partial charge in [0.25, 0.3) is 5.91 Å². The number of hydrogen-bond acceptors (Lipinski definition) is 4. The lowest BCUT2D eigenvalue weighted by Crippen LogP contribution is -2.22. The maximum Gasteiger partial charge on any atom is 0.322 e. The van der Waals surface area contributed by atoms with Crippen LogP contribution in [0.4, 0.5) is 4.79 Å². The van der Waals surface area contributed by atoms with E-state index in [-0.39, 0.29) is 11.5 Å². The van der Waals surface area contributed by atoms with Crippen molar-refractivity contribution < 1.29 is 19.8 Å². The minimum absolute atomic E-state index is 0.121. The molecular formula is C10H10N2O4. The molecule has 1 unspecified atom stereocenters. The number of aromatic hydroxyl groups is 2. The van der Waals surface area contributed by atoms with E-state index in [4.69, 9.17) is 0 Å². The highest BCUT2D eigenvalue weighted by Gasteiger charge is 2.32. The van der Waals surface area contributed by atoms with Gasteiger partial charge in [-0.3, -0.25) is 10.1 Å². The van der Waals surface area contributed by atoms with E-state index in [9.17, 15) is 19.8 Å². The average Bonchev–Trinajstić information content (AvgIpc) is 2.51. The standard InChI is InChI=1S/C10H10N2O4/c1-4-6(2-5(13)3-7(4)14)8-9(15)12-10(16)11-8/h2-3,8,13-14H,1H3,(H2,11,12,15,16). The van der Waals surface area contributed by atoms with E-state index >= 15 is 0 Å². The third-order valence-corrected chi connectivity index (χ3v) is 2.49. The Hall–Kier alpha value is -2.24. The first-order chi connectivity index (χ1) is 7.49. The molecule has 1 aliphatic heterocycles. The van der Waals surface area contributed by atoms with Gasteiger partial charge in [-0.25, -0.2) is 4.79 Å². The van der Waals surface area contributed by atoms with Gasteiger partial charge in [-0.05, 0) is 24.1 Å². The van der Waals surface area contributed by atoms with Crippen LogP contribution in [-0.4, -0.2) is 22.2 Å². The molecule has 3 amide bonds. The van der Waals surface area contributed by atoms with E-state index in [1.54, 1.807) is 6.92 Å². The van der Waals surface area contributed by atoms with E-state index in [0.29, 0.717) is 11.1 Å². The average molecular weight is 222 g/mol. The van der Waals surface area contributed by atoms with Gasteiger partial charge in [0.05, 0.1) is 0 Å². The Labute approximate surface area is 90.9 Å². The summed E-state index contributed by atoms with van der Waals surface area (Å²) in [5.74, 6) is -0.783. The number of benzene rings is 1. The Kier molecular flexibility index (Phi) is 2.19. The molecule has 6 heteroatoms. The molecule has 4 N–H and O–H groups in total. The van der Waals surface area contributed by atoms with Crippen LogP contribution in [0.3, 0.4) is 0 Å². The summed E-state index contributed by atoms with van der Waals surface area (Å²) in [5, 5.41) is 23.3. The Balaban J connectivity index is 2.48. The van der Waals surface area contributed by atoms with Crippen LogP contribution in [0.25, 0.3) is 0 Å². The lowest BCUT2D eigenvalue weighted by Gasteiger charge is -2.12. The predicted octanol–water partition coefficient (Wildman–Crippen LogP) is 0.287. The predicted molar refractivity (Wildman–Crippen MR) is 53.9 cm³/mol. The number of amides is 3. The fraction of sp³-hybridized carbons (Fsp3) is 0.200. The zero-order chi connectivity index (χ0) is 11.9. The van der Waals surface area contributed by atoms with Crippen LogP contribution in [0.15, 0.2) is 12.1 Å². The number of carbonyl (C=O) groups is 2. The smallest absolute Gasteiger partial charge is 0.322 e. The fourth-order valence-electron chi connectivity index (χ4n) is 1.64. The van der Waals surface area contributed by atoms with Gasteiger partial charge in [0.1, 0.15) is 17.5 Å². The number of phenolic OH excluding ortho intramolecular Hbond substituents is 2. The summed E-state index contributed by atoms with van der Waals surface area (Å²) in [6, 6.07) is 1.06. The number of carbonyl (C=O) groups excluding carboxylic acids is 2. The van der Waals surface area contributed by atoms with Gasteiger partial charge in [-0.2, -0.15) is 0 Å². The lowest BCUT2D eigenvalue weighted by molar-refractivity contribution is -0.120. The quantitative estimate of drug-likeness (QED) is 0.513. The Morgan fingerprint density at radius 3 is 2.50 bits per heavy atom. The van der Waals surface area contributed by atoms with E-state index < -0.39 is 18.0 Å². The maximum absolute atomic E-state index is 11.4. The first-order valence-corrected chi connectivity index (χ1v) is 4.63. The molecule has 6 nitrogen and oxygen atoms in total. The molecule has 1 aromatic carbocycles. The van der Waals surface area contributed by atoms with Crippen molar-refractivity contribution in [3.8, 4) is 11.5 Å². The van der Waals surface area contributed by atoms with E-state index in [0.717, 1.165) is 0 Å². The molecule has 1 saturated heterocycles. The second-order valence-electron chi connectivity index (χ2n) is 3.57. The summed E-state index contributed by atoms with van der Waals surface area (Å²) in [6.45, 7) is 1.60. The molecule has 0 bridgehead atoms. The highest BCUT2D eigenvalue weighted by atomic mass is 16.3. The molecule has 84 valence electrons. The van der Waals surface area contributed by atoms with Crippen LogP contribution in [0, 0.1) is 6.92 Å². The third kappa shape index (κ3) is 1.54. The number of hydrogen-bond donors (Lipinski definition) is 4. The van der Waals surface area contributed by atoms with Gasteiger partial charge in [0, 0.05) is 6.07 Å². The molecule has 1 atom stereocenters. The molecule has 16 heavy (non-hydrogen) atoms.